The quantitative estimate of drug-likeness (QED) is 0.392. The Morgan fingerprint density at radius 1 is 1.18 bits per heavy atom. The lowest BCUT2D eigenvalue weighted by molar-refractivity contribution is 0.00586. The predicted molar refractivity (Wildman–Crippen MR) is 145 cm³/mol. The summed E-state index contributed by atoms with van der Waals surface area (Å²) < 4.78 is 27.8. The Hall–Kier alpha value is -3.47. The molecule has 0 bridgehead atoms. The van der Waals surface area contributed by atoms with Crippen LogP contribution in [0.2, 0.25) is 5.02 Å². The number of carbonyl (C=O) groups excluding carboxylic acids is 1. The van der Waals surface area contributed by atoms with Crippen LogP contribution in [0.1, 0.15) is 53.5 Å². The number of anilines is 1. The van der Waals surface area contributed by atoms with Gasteiger partial charge in [-0.3, -0.25) is 4.68 Å². The summed E-state index contributed by atoms with van der Waals surface area (Å²) in [6.07, 6.45) is 4.40. The van der Waals surface area contributed by atoms with Crippen LogP contribution >= 0.6 is 11.6 Å². The number of benzene rings is 1. The van der Waals surface area contributed by atoms with Gasteiger partial charge >= 0.3 is 6.09 Å². The second-order valence-electron chi connectivity index (χ2n) is 11.5. The van der Waals surface area contributed by atoms with E-state index in [-0.39, 0.29) is 23.4 Å². The van der Waals surface area contributed by atoms with E-state index in [0.29, 0.717) is 40.9 Å². The van der Waals surface area contributed by atoms with Crippen molar-refractivity contribution in [3.05, 3.63) is 41.6 Å². The van der Waals surface area contributed by atoms with Gasteiger partial charge in [0.25, 0.3) is 5.88 Å². The van der Waals surface area contributed by atoms with Crippen LogP contribution in [0.4, 0.5) is 15.0 Å². The molecule has 2 fully saturated rings. The second-order valence-corrected chi connectivity index (χ2v) is 11.9. The summed E-state index contributed by atoms with van der Waals surface area (Å²) in [7, 11) is 0. The molecule has 10 nitrogen and oxygen atoms in total. The molecule has 1 spiro atoms. The van der Waals surface area contributed by atoms with Gasteiger partial charge in [0.1, 0.15) is 23.5 Å². The number of carbonyl (C=O) groups is 1. The average Bonchev–Trinajstić information content (AvgIpc) is 3.24. The van der Waals surface area contributed by atoms with E-state index in [1.165, 1.54) is 24.7 Å². The zero-order valence-electron chi connectivity index (χ0n) is 22.8. The van der Waals surface area contributed by atoms with E-state index in [9.17, 15) is 9.18 Å². The Labute approximate surface area is 232 Å². The van der Waals surface area contributed by atoms with E-state index in [0.717, 1.165) is 25.9 Å². The van der Waals surface area contributed by atoms with Crippen molar-refractivity contribution in [1.29, 1.82) is 0 Å². The lowest BCUT2D eigenvalue weighted by Gasteiger charge is -2.54. The maximum atomic E-state index is 14.4. The van der Waals surface area contributed by atoms with Crippen molar-refractivity contribution in [2.24, 2.45) is 5.41 Å². The number of nitrogens with zero attached hydrogens (tertiary/aromatic N) is 7. The SMILES string of the molecule is CC(C)n1ncc(Cl)c1-c1cc(F)ccc1Oc1nncnc1N1CC2(CCN(C(=O)OC(C)(C)C)CC2)C1. The van der Waals surface area contributed by atoms with Gasteiger partial charge in [-0.05, 0) is 65.7 Å². The number of halogens is 2. The van der Waals surface area contributed by atoms with Gasteiger partial charge in [0.15, 0.2) is 5.82 Å². The molecule has 0 saturated carbocycles. The smallest absolute Gasteiger partial charge is 0.410 e. The molecule has 39 heavy (non-hydrogen) atoms. The standard InChI is InChI=1S/C27H33ClFN7O3/c1-17(2)36-22(20(28)13-32-36)19-12-18(29)6-7-21(19)38-24-23(30-16-31-33-24)35-14-27(15-35)8-10-34(11-9-27)25(37)39-26(3,4)5/h6-7,12-13,16-17H,8-11,14-15H2,1-5H3. The lowest BCUT2D eigenvalue weighted by atomic mass is 9.72. The highest BCUT2D eigenvalue weighted by molar-refractivity contribution is 6.33. The molecule has 2 aliphatic heterocycles. The number of amides is 1. The monoisotopic (exact) mass is 557 g/mol. The van der Waals surface area contributed by atoms with Gasteiger partial charge in [-0.1, -0.05) is 11.6 Å². The molecule has 5 rings (SSSR count). The molecule has 0 unspecified atom stereocenters. The Bertz CT molecular complexity index is 1360. The molecule has 2 aliphatic rings. The number of aromatic nitrogens is 5. The van der Waals surface area contributed by atoms with Crippen LogP contribution in [0.5, 0.6) is 11.6 Å². The summed E-state index contributed by atoms with van der Waals surface area (Å²) in [6.45, 7) is 12.4. The molecule has 1 amide bonds. The largest absolute Gasteiger partial charge is 0.444 e. The molecule has 1 aromatic carbocycles. The van der Waals surface area contributed by atoms with Gasteiger partial charge in [-0.15, -0.1) is 10.2 Å². The Morgan fingerprint density at radius 2 is 1.90 bits per heavy atom. The molecule has 3 aromatic rings. The minimum absolute atomic E-state index is 0.00336. The van der Waals surface area contributed by atoms with Gasteiger partial charge in [0.2, 0.25) is 0 Å². The summed E-state index contributed by atoms with van der Waals surface area (Å²) in [4.78, 5) is 20.8. The van der Waals surface area contributed by atoms with Crippen molar-refractivity contribution in [2.45, 2.75) is 59.1 Å². The van der Waals surface area contributed by atoms with E-state index < -0.39 is 11.4 Å². The van der Waals surface area contributed by atoms with Crippen molar-refractivity contribution in [3.8, 4) is 22.9 Å². The number of piperidine rings is 1. The van der Waals surface area contributed by atoms with Crippen LogP contribution < -0.4 is 9.64 Å². The van der Waals surface area contributed by atoms with E-state index in [4.69, 9.17) is 21.1 Å². The van der Waals surface area contributed by atoms with Crippen molar-refractivity contribution < 1.29 is 18.7 Å². The van der Waals surface area contributed by atoms with Crippen LogP contribution in [-0.2, 0) is 4.74 Å². The van der Waals surface area contributed by atoms with E-state index in [2.05, 4.69) is 25.2 Å². The van der Waals surface area contributed by atoms with Gasteiger partial charge in [0.05, 0.1) is 16.9 Å². The Kier molecular flexibility index (Phi) is 7.13. The first-order chi connectivity index (χ1) is 18.4. The Morgan fingerprint density at radius 3 is 2.56 bits per heavy atom. The zero-order chi connectivity index (χ0) is 27.9. The van der Waals surface area contributed by atoms with Crippen molar-refractivity contribution in [3.63, 3.8) is 0 Å². The van der Waals surface area contributed by atoms with Crippen LogP contribution in [0.15, 0.2) is 30.7 Å². The number of hydrogen-bond acceptors (Lipinski definition) is 8. The maximum absolute atomic E-state index is 14.4. The van der Waals surface area contributed by atoms with Crippen molar-refractivity contribution in [1.82, 2.24) is 29.9 Å². The fourth-order valence-electron chi connectivity index (χ4n) is 5.13. The predicted octanol–water partition coefficient (Wildman–Crippen LogP) is 5.74. The lowest BCUT2D eigenvalue weighted by Crippen LogP contribution is -2.61. The molecular formula is C27H33ClFN7O3. The molecule has 4 heterocycles. The number of rotatable bonds is 5. The fourth-order valence-corrected chi connectivity index (χ4v) is 5.36. The zero-order valence-corrected chi connectivity index (χ0v) is 23.6. The minimum atomic E-state index is -0.514. The van der Waals surface area contributed by atoms with Crippen LogP contribution in [0.25, 0.3) is 11.3 Å². The Balaban J connectivity index is 1.32. The summed E-state index contributed by atoms with van der Waals surface area (Å²) >= 11 is 6.47. The molecular weight excluding hydrogens is 525 g/mol. The van der Waals surface area contributed by atoms with Crippen LogP contribution in [0.3, 0.4) is 0 Å². The fraction of sp³-hybridized carbons (Fsp3) is 0.519. The molecule has 208 valence electrons. The second kappa shape index (κ2) is 10.3. The summed E-state index contributed by atoms with van der Waals surface area (Å²) in [5.74, 6) is 0.719. The van der Waals surface area contributed by atoms with Gasteiger partial charge in [-0.25, -0.2) is 14.2 Å². The van der Waals surface area contributed by atoms with Crippen molar-refractivity contribution >= 4 is 23.5 Å². The maximum Gasteiger partial charge on any atom is 0.410 e. The van der Waals surface area contributed by atoms with E-state index in [1.807, 2.05) is 34.6 Å². The number of ether oxygens (including phenoxy) is 2. The van der Waals surface area contributed by atoms with Crippen LogP contribution in [0, 0.1) is 11.2 Å². The summed E-state index contributed by atoms with van der Waals surface area (Å²) in [5.41, 5.74) is 0.579. The number of likely N-dealkylation sites (tertiary alicyclic amines) is 1. The average molecular weight is 558 g/mol. The van der Waals surface area contributed by atoms with Gasteiger partial charge < -0.3 is 19.3 Å². The minimum Gasteiger partial charge on any atom is -0.444 e. The third-order valence-corrected chi connectivity index (χ3v) is 7.32. The highest BCUT2D eigenvalue weighted by Crippen LogP contribution is 2.45. The highest BCUT2D eigenvalue weighted by atomic mass is 35.5. The number of hydrogen-bond donors (Lipinski definition) is 0. The first-order valence-electron chi connectivity index (χ1n) is 13.1. The molecule has 0 N–H and O–H groups in total. The molecule has 2 aromatic heterocycles. The molecule has 0 aliphatic carbocycles. The molecule has 2 saturated heterocycles. The van der Waals surface area contributed by atoms with Gasteiger partial charge in [0, 0.05) is 43.2 Å². The first-order valence-corrected chi connectivity index (χ1v) is 13.4. The molecule has 12 heteroatoms. The van der Waals surface area contributed by atoms with E-state index in [1.54, 1.807) is 15.6 Å². The summed E-state index contributed by atoms with van der Waals surface area (Å²) in [6, 6.07) is 4.23. The summed E-state index contributed by atoms with van der Waals surface area (Å²) in [5, 5.41) is 12.9. The highest BCUT2D eigenvalue weighted by Gasteiger charge is 2.47. The first kappa shape index (κ1) is 27.1. The third kappa shape index (κ3) is 5.63. The normalized spacial score (nSPS) is 16.9. The molecule has 0 radical (unpaired) electrons. The third-order valence-electron chi connectivity index (χ3n) is 7.04. The van der Waals surface area contributed by atoms with Crippen molar-refractivity contribution in [2.75, 3.05) is 31.1 Å². The molecule has 0 atom stereocenters. The van der Waals surface area contributed by atoms with E-state index >= 15 is 0 Å². The van der Waals surface area contributed by atoms with Crippen LogP contribution in [-0.4, -0.2) is 67.7 Å². The topological polar surface area (TPSA) is 98.5 Å². The van der Waals surface area contributed by atoms with Gasteiger partial charge in [-0.2, -0.15) is 5.10 Å².